The van der Waals surface area contributed by atoms with Gasteiger partial charge >= 0.3 is 0 Å². The Kier molecular flexibility index (Phi) is 5.33. The molecular weight excluding hydrogens is 304 g/mol. The lowest BCUT2D eigenvalue weighted by Crippen LogP contribution is -2.32. The number of aromatic nitrogens is 1. The minimum atomic E-state index is -3.56. The van der Waals surface area contributed by atoms with Crippen LogP contribution in [0.15, 0.2) is 39.8 Å². The van der Waals surface area contributed by atoms with Crippen LogP contribution in [0.25, 0.3) is 11.3 Å². The van der Waals surface area contributed by atoms with Gasteiger partial charge in [0.15, 0.2) is 5.89 Å². The van der Waals surface area contributed by atoms with Crippen LogP contribution >= 0.6 is 0 Å². The molecule has 1 aromatic carbocycles. The fourth-order valence-corrected chi connectivity index (χ4v) is 3.37. The van der Waals surface area contributed by atoms with Gasteiger partial charge in [-0.1, -0.05) is 12.1 Å². The van der Waals surface area contributed by atoms with E-state index in [0.29, 0.717) is 24.4 Å². The number of aliphatic hydroxyl groups excluding tert-OH is 1. The lowest BCUT2D eigenvalue weighted by Gasteiger charge is -2.13. The molecule has 0 spiro atoms. The summed E-state index contributed by atoms with van der Waals surface area (Å²) in [7, 11) is -3.56. The van der Waals surface area contributed by atoms with Crippen LogP contribution in [0.4, 0.5) is 0 Å². The van der Waals surface area contributed by atoms with Crippen LogP contribution < -0.4 is 4.72 Å². The smallest absolute Gasteiger partial charge is 0.240 e. The second kappa shape index (κ2) is 7.04. The number of aryl methyl sites for hydroxylation is 1. The second-order valence-electron chi connectivity index (χ2n) is 5.16. The van der Waals surface area contributed by atoms with Gasteiger partial charge in [0.05, 0.1) is 4.90 Å². The van der Waals surface area contributed by atoms with Gasteiger partial charge in [-0.3, -0.25) is 0 Å². The Hall–Kier alpha value is -1.70. The predicted octanol–water partition coefficient (Wildman–Crippen LogP) is 2.09. The molecule has 0 saturated heterocycles. The zero-order chi connectivity index (χ0) is 16.2. The van der Waals surface area contributed by atoms with E-state index in [0.717, 1.165) is 5.56 Å². The number of aliphatic hydroxyl groups is 1. The van der Waals surface area contributed by atoms with Crippen LogP contribution in [0, 0.1) is 6.92 Å². The van der Waals surface area contributed by atoms with Crippen molar-refractivity contribution in [1.29, 1.82) is 0 Å². The SMILES string of the molecule is Cc1nc(-c2ccc(S(=O)(=O)NC(C)CCCO)cc2)co1. The maximum Gasteiger partial charge on any atom is 0.240 e. The molecule has 22 heavy (non-hydrogen) atoms. The Balaban J connectivity index is 2.12. The molecule has 0 fully saturated rings. The molecule has 0 aliphatic rings. The van der Waals surface area contributed by atoms with E-state index in [1.54, 1.807) is 38.1 Å². The molecule has 2 N–H and O–H groups in total. The molecule has 6 nitrogen and oxygen atoms in total. The van der Waals surface area contributed by atoms with Gasteiger partial charge in [0.25, 0.3) is 0 Å². The molecule has 1 heterocycles. The predicted molar refractivity (Wildman–Crippen MR) is 82.8 cm³/mol. The minimum Gasteiger partial charge on any atom is -0.449 e. The summed E-state index contributed by atoms with van der Waals surface area (Å²) in [6.07, 6.45) is 2.69. The van der Waals surface area contributed by atoms with Gasteiger partial charge in [-0.25, -0.2) is 18.1 Å². The number of sulfonamides is 1. The van der Waals surface area contributed by atoms with Crippen LogP contribution in [0.5, 0.6) is 0 Å². The summed E-state index contributed by atoms with van der Waals surface area (Å²) in [6.45, 7) is 3.58. The third-order valence-corrected chi connectivity index (χ3v) is 4.84. The maximum atomic E-state index is 12.2. The molecule has 1 atom stereocenters. The van der Waals surface area contributed by atoms with Crippen molar-refractivity contribution in [3.63, 3.8) is 0 Å². The van der Waals surface area contributed by atoms with Gasteiger partial charge in [0.1, 0.15) is 12.0 Å². The van der Waals surface area contributed by atoms with Crippen molar-refractivity contribution >= 4 is 10.0 Å². The topological polar surface area (TPSA) is 92.4 Å². The van der Waals surface area contributed by atoms with Gasteiger partial charge < -0.3 is 9.52 Å². The van der Waals surface area contributed by atoms with Crippen molar-refractivity contribution in [2.45, 2.75) is 37.6 Å². The Morgan fingerprint density at radius 1 is 1.32 bits per heavy atom. The van der Waals surface area contributed by atoms with Crippen molar-refractivity contribution in [2.75, 3.05) is 6.61 Å². The molecular formula is C15H20N2O4S. The second-order valence-corrected chi connectivity index (χ2v) is 6.88. The molecule has 0 radical (unpaired) electrons. The van der Waals surface area contributed by atoms with Gasteiger partial charge in [0, 0.05) is 25.1 Å². The highest BCUT2D eigenvalue weighted by atomic mass is 32.2. The van der Waals surface area contributed by atoms with E-state index in [9.17, 15) is 8.42 Å². The molecule has 120 valence electrons. The molecule has 0 saturated carbocycles. The zero-order valence-electron chi connectivity index (χ0n) is 12.6. The monoisotopic (exact) mass is 324 g/mol. The quantitative estimate of drug-likeness (QED) is 0.813. The average molecular weight is 324 g/mol. The molecule has 0 amide bonds. The summed E-state index contributed by atoms with van der Waals surface area (Å²) >= 11 is 0. The first kappa shape index (κ1) is 16.7. The first-order valence-electron chi connectivity index (χ1n) is 7.08. The van der Waals surface area contributed by atoms with Crippen molar-refractivity contribution < 1.29 is 17.9 Å². The number of nitrogens with one attached hydrogen (secondary N) is 1. The summed E-state index contributed by atoms with van der Waals surface area (Å²) in [5, 5.41) is 8.78. The molecule has 7 heteroatoms. The van der Waals surface area contributed by atoms with Crippen molar-refractivity contribution in [2.24, 2.45) is 0 Å². The summed E-state index contributed by atoms with van der Waals surface area (Å²) in [6, 6.07) is 6.25. The lowest BCUT2D eigenvalue weighted by atomic mass is 10.2. The van der Waals surface area contributed by atoms with Crippen LogP contribution in [-0.4, -0.2) is 31.2 Å². The molecule has 1 unspecified atom stereocenters. The number of nitrogens with zero attached hydrogens (tertiary/aromatic N) is 1. The maximum absolute atomic E-state index is 12.2. The van der Waals surface area contributed by atoms with Crippen LogP contribution in [0.1, 0.15) is 25.7 Å². The third kappa shape index (κ3) is 4.16. The standard InChI is InChI=1S/C15H20N2O4S/c1-11(4-3-9-18)17-22(19,20)14-7-5-13(6-8-14)15-10-21-12(2)16-15/h5-8,10-11,17-18H,3-4,9H2,1-2H3. The first-order valence-corrected chi connectivity index (χ1v) is 8.56. The van der Waals surface area contributed by atoms with E-state index >= 15 is 0 Å². The highest BCUT2D eigenvalue weighted by Gasteiger charge is 2.17. The normalized spacial score (nSPS) is 13.2. The van der Waals surface area contributed by atoms with Crippen molar-refractivity contribution in [3.8, 4) is 11.3 Å². The largest absolute Gasteiger partial charge is 0.449 e. The Morgan fingerprint density at radius 2 is 2.00 bits per heavy atom. The van der Waals surface area contributed by atoms with E-state index in [4.69, 9.17) is 9.52 Å². The van der Waals surface area contributed by atoms with E-state index in [-0.39, 0.29) is 17.5 Å². The highest BCUT2D eigenvalue weighted by molar-refractivity contribution is 7.89. The number of rotatable bonds is 7. The van der Waals surface area contributed by atoms with E-state index in [1.807, 2.05) is 0 Å². The Bertz CT molecular complexity index is 707. The lowest BCUT2D eigenvalue weighted by molar-refractivity contribution is 0.279. The van der Waals surface area contributed by atoms with Crippen LogP contribution in [0.2, 0.25) is 0 Å². The summed E-state index contributed by atoms with van der Waals surface area (Å²) in [4.78, 5) is 4.40. The van der Waals surface area contributed by atoms with Gasteiger partial charge in [0.2, 0.25) is 10.0 Å². The summed E-state index contributed by atoms with van der Waals surface area (Å²) < 4.78 is 32.2. The highest BCUT2D eigenvalue weighted by Crippen LogP contribution is 2.20. The first-order chi connectivity index (χ1) is 10.4. The van der Waals surface area contributed by atoms with Gasteiger partial charge in [-0.15, -0.1) is 0 Å². The Labute approximate surface area is 130 Å². The number of hydrogen-bond donors (Lipinski definition) is 2. The number of oxazole rings is 1. The summed E-state index contributed by atoms with van der Waals surface area (Å²) in [5.74, 6) is 0.561. The number of benzene rings is 1. The minimum absolute atomic E-state index is 0.0535. The van der Waals surface area contributed by atoms with E-state index in [1.165, 1.54) is 6.26 Å². The fourth-order valence-electron chi connectivity index (χ4n) is 2.09. The molecule has 1 aromatic heterocycles. The van der Waals surface area contributed by atoms with E-state index in [2.05, 4.69) is 9.71 Å². The van der Waals surface area contributed by atoms with Crippen LogP contribution in [-0.2, 0) is 10.0 Å². The zero-order valence-corrected chi connectivity index (χ0v) is 13.4. The summed E-state index contributed by atoms with van der Waals surface area (Å²) in [5.41, 5.74) is 1.47. The number of hydrogen-bond acceptors (Lipinski definition) is 5. The average Bonchev–Trinajstić information content (AvgIpc) is 2.91. The van der Waals surface area contributed by atoms with Crippen LogP contribution in [0.3, 0.4) is 0 Å². The van der Waals surface area contributed by atoms with Crippen molar-refractivity contribution in [3.05, 3.63) is 36.4 Å². The molecule has 2 rings (SSSR count). The molecule has 0 aliphatic carbocycles. The molecule has 2 aromatic rings. The fraction of sp³-hybridized carbons (Fsp3) is 0.400. The molecule has 0 bridgehead atoms. The van der Waals surface area contributed by atoms with Gasteiger partial charge in [-0.2, -0.15) is 0 Å². The third-order valence-electron chi connectivity index (χ3n) is 3.23. The van der Waals surface area contributed by atoms with E-state index < -0.39 is 10.0 Å². The molecule has 0 aliphatic heterocycles. The van der Waals surface area contributed by atoms with Crippen molar-refractivity contribution in [1.82, 2.24) is 9.71 Å². The van der Waals surface area contributed by atoms with Gasteiger partial charge in [-0.05, 0) is 31.9 Å². The Morgan fingerprint density at radius 3 is 2.55 bits per heavy atom.